The first-order valence-corrected chi connectivity index (χ1v) is 9.05. The highest BCUT2D eigenvalue weighted by atomic mass is 31.2. The zero-order valence-electron chi connectivity index (χ0n) is 12.6. The van der Waals surface area contributed by atoms with Gasteiger partial charge in [0.1, 0.15) is 6.29 Å². The predicted octanol–water partition coefficient (Wildman–Crippen LogP) is 4.06. The molecule has 0 aromatic heterocycles. The van der Waals surface area contributed by atoms with Crippen LogP contribution in [0.3, 0.4) is 0 Å². The molecule has 0 N–H and O–H groups in total. The standard InChI is InChI=1S/C17H20NO3P/c1-20-22(19)14-18(12-15-8-4-2-5-9-15)17(13-21-22)16-10-6-3-7-11-16/h2-11,17H,12-14H2,1H3/t17-,22+/m0/s1. The van der Waals surface area contributed by atoms with E-state index in [2.05, 4.69) is 29.2 Å². The summed E-state index contributed by atoms with van der Waals surface area (Å²) >= 11 is 0. The summed E-state index contributed by atoms with van der Waals surface area (Å²) in [6, 6.07) is 20.5. The van der Waals surface area contributed by atoms with Gasteiger partial charge in [0.05, 0.1) is 12.6 Å². The number of benzene rings is 2. The van der Waals surface area contributed by atoms with Crippen LogP contribution < -0.4 is 0 Å². The van der Waals surface area contributed by atoms with Crippen LogP contribution in [0.15, 0.2) is 60.7 Å². The van der Waals surface area contributed by atoms with Gasteiger partial charge in [0.2, 0.25) is 0 Å². The van der Waals surface area contributed by atoms with Crippen LogP contribution in [0, 0.1) is 0 Å². The first-order valence-electron chi connectivity index (χ1n) is 7.32. The Morgan fingerprint density at radius 1 is 1.14 bits per heavy atom. The Hall–Kier alpha value is -1.45. The Labute approximate surface area is 131 Å². The van der Waals surface area contributed by atoms with Gasteiger partial charge in [0.25, 0.3) is 0 Å². The number of rotatable bonds is 4. The molecule has 5 heteroatoms. The highest BCUT2D eigenvalue weighted by Gasteiger charge is 2.37. The van der Waals surface area contributed by atoms with Crippen molar-refractivity contribution in [1.29, 1.82) is 0 Å². The summed E-state index contributed by atoms with van der Waals surface area (Å²) < 4.78 is 23.2. The number of nitrogens with zero attached hydrogens (tertiary/aromatic N) is 1. The maximum atomic E-state index is 12.5. The van der Waals surface area contributed by atoms with Crippen LogP contribution in [-0.2, 0) is 20.2 Å². The third kappa shape index (κ3) is 3.47. The van der Waals surface area contributed by atoms with E-state index in [0.29, 0.717) is 12.9 Å². The van der Waals surface area contributed by atoms with Crippen molar-refractivity contribution in [3.8, 4) is 0 Å². The summed E-state index contributed by atoms with van der Waals surface area (Å²) in [5.74, 6) is 0. The van der Waals surface area contributed by atoms with E-state index in [9.17, 15) is 4.57 Å². The highest BCUT2D eigenvalue weighted by Crippen LogP contribution is 2.53. The zero-order valence-corrected chi connectivity index (χ0v) is 13.5. The second kappa shape index (κ2) is 6.76. The summed E-state index contributed by atoms with van der Waals surface area (Å²) in [7, 11) is -1.57. The first kappa shape index (κ1) is 15.4. The molecule has 3 rings (SSSR count). The molecule has 0 radical (unpaired) electrons. The van der Waals surface area contributed by atoms with Crippen LogP contribution in [0.4, 0.5) is 0 Å². The molecular formula is C17H20NO3P. The lowest BCUT2D eigenvalue weighted by molar-refractivity contribution is 0.0849. The fraction of sp³-hybridized carbons (Fsp3) is 0.294. The fourth-order valence-electron chi connectivity index (χ4n) is 2.72. The van der Waals surface area contributed by atoms with Gasteiger partial charge >= 0.3 is 7.60 Å². The fourth-order valence-corrected chi connectivity index (χ4v) is 4.14. The summed E-state index contributed by atoms with van der Waals surface area (Å²) in [6.07, 6.45) is 0.304. The molecule has 2 aromatic carbocycles. The van der Waals surface area contributed by atoms with Crippen LogP contribution in [0.1, 0.15) is 17.2 Å². The lowest BCUT2D eigenvalue weighted by Crippen LogP contribution is -2.36. The van der Waals surface area contributed by atoms with Crippen LogP contribution in [0.2, 0.25) is 0 Å². The van der Waals surface area contributed by atoms with E-state index >= 15 is 0 Å². The molecule has 1 fully saturated rings. The normalized spacial score (nSPS) is 26.0. The molecule has 1 heterocycles. The van der Waals surface area contributed by atoms with Crippen molar-refractivity contribution in [2.24, 2.45) is 0 Å². The van der Waals surface area contributed by atoms with E-state index in [4.69, 9.17) is 9.05 Å². The highest BCUT2D eigenvalue weighted by molar-refractivity contribution is 7.53. The molecule has 22 heavy (non-hydrogen) atoms. The number of hydrogen-bond acceptors (Lipinski definition) is 4. The van der Waals surface area contributed by atoms with Gasteiger partial charge in [-0.1, -0.05) is 60.7 Å². The topological polar surface area (TPSA) is 38.8 Å². The smallest absolute Gasteiger partial charge is 0.311 e. The molecule has 116 valence electrons. The minimum atomic E-state index is -3.02. The van der Waals surface area contributed by atoms with Gasteiger partial charge < -0.3 is 9.05 Å². The molecule has 2 atom stereocenters. The van der Waals surface area contributed by atoms with Crippen molar-refractivity contribution in [1.82, 2.24) is 4.90 Å². The molecule has 0 aliphatic carbocycles. The molecule has 1 aliphatic heterocycles. The van der Waals surface area contributed by atoms with Gasteiger partial charge in [-0.25, -0.2) is 0 Å². The molecule has 2 aromatic rings. The third-order valence-corrected chi connectivity index (χ3v) is 5.72. The van der Waals surface area contributed by atoms with Crippen LogP contribution in [-0.4, -0.2) is 24.9 Å². The summed E-state index contributed by atoms with van der Waals surface area (Å²) in [5.41, 5.74) is 2.36. The SMILES string of the molecule is CO[P@]1(=O)CN(Cc2ccccc2)[C@H](c2ccccc2)CO1. The van der Waals surface area contributed by atoms with Crippen molar-refractivity contribution in [2.45, 2.75) is 12.6 Å². The van der Waals surface area contributed by atoms with Gasteiger partial charge in [-0.3, -0.25) is 9.46 Å². The van der Waals surface area contributed by atoms with Crippen molar-refractivity contribution < 1.29 is 13.6 Å². The van der Waals surface area contributed by atoms with E-state index in [0.717, 1.165) is 6.54 Å². The maximum Gasteiger partial charge on any atom is 0.344 e. The monoisotopic (exact) mass is 317 g/mol. The molecule has 1 aliphatic rings. The molecule has 0 spiro atoms. The molecule has 0 saturated carbocycles. The summed E-state index contributed by atoms with van der Waals surface area (Å²) in [4.78, 5) is 2.18. The Morgan fingerprint density at radius 3 is 2.41 bits per heavy atom. The maximum absolute atomic E-state index is 12.5. The Balaban J connectivity index is 1.86. The predicted molar refractivity (Wildman–Crippen MR) is 86.6 cm³/mol. The van der Waals surface area contributed by atoms with Crippen molar-refractivity contribution in [3.63, 3.8) is 0 Å². The first-order chi connectivity index (χ1) is 10.7. The molecule has 4 nitrogen and oxygen atoms in total. The van der Waals surface area contributed by atoms with E-state index in [1.165, 1.54) is 18.2 Å². The van der Waals surface area contributed by atoms with Crippen LogP contribution in [0.25, 0.3) is 0 Å². The zero-order chi connectivity index (χ0) is 15.4. The largest absolute Gasteiger partial charge is 0.344 e. The number of hydrogen-bond donors (Lipinski definition) is 0. The lowest BCUT2D eigenvalue weighted by Gasteiger charge is -2.38. The van der Waals surface area contributed by atoms with Gasteiger partial charge in [0, 0.05) is 13.7 Å². The second-order valence-corrected chi connectivity index (χ2v) is 7.52. The van der Waals surface area contributed by atoms with Crippen molar-refractivity contribution in [2.75, 3.05) is 20.0 Å². The summed E-state index contributed by atoms with van der Waals surface area (Å²) in [6.45, 7) is 1.10. The average molecular weight is 317 g/mol. The third-order valence-electron chi connectivity index (χ3n) is 3.92. The van der Waals surface area contributed by atoms with Gasteiger partial charge in [-0.15, -0.1) is 0 Å². The molecule has 0 unspecified atom stereocenters. The Kier molecular flexibility index (Phi) is 4.74. The van der Waals surface area contributed by atoms with E-state index in [1.54, 1.807) is 0 Å². The molecule has 1 saturated heterocycles. The van der Waals surface area contributed by atoms with E-state index < -0.39 is 7.60 Å². The van der Waals surface area contributed by atoms with Crippen molar-refractivity contribution >= 4 is 7.60 Å². The van der Waals surface area contributed by atoms with Gasteiger partial charge in [0.15, 0.2) is 0 Å². The van der Waals surface area contributed by atoms with Crippen molar-refractivity contribution in [3.05, 3.63) is 71.8 Å². The van der Waals surface area contributed by atoms with Gasteiger partial charge in [-0.2, -0.15) is 0 Å². The van der Waals surface area contributed by atoms with E-state index in [-0.39, 0.29) is 6.04 Å². The van der Waals surface area contributed by atoms with Gasteiger partial charge in [-0.05, 0) is 11.1 Å². The van der Waals surface area contributed by atoms with Crippen LogP contribution in [0.5, 0.6) is 0 Å². The molecule has 0 bridgehead atoms. The Morgan fingerprint density at radius 2 is 1.77 bits per heavy atom. The molecular weight excluding hydrogens is 297 g/mol. The second-order valence-electron chi connectivity index (χ2n) is 5.39. The quantitative estimate of drug-likeness (QED) is 0.797. The van der Waals surface area contributed by atoms with E-state index in [1.807, 2.05) is 36.4 Å². The lowest BCUT2D eigenvalue weighted by atomic mass is 10.1. The minimum absolute atomic E-state index is 0.0821. The Bertz CT molecular complexity index is 647. The average Bonchev–Trinajstić information content (AvgIpc) is 2.57. The minimum Gasteiger partial charge on any atom is -0.311 e. The van der Waals surface area contributed by atoms with Crippen LogP contribution >= 0.6 is 7.60 Å². The summed E-state index contributed by atoms with van der Waals surface area (Å²) in [5, 5.41) is 0. The molecule has 0 amide bonds.